The summed E-state index contributed by atoms with van der Waals surface area (Å²) < 4.78 is 4.41. The second kappa shape index (κ2) is 5.34. The quantitative estimate of drug-likeness (QED) is 0.755. The number of anilines is 1. The van der Waals surface area contributed by atoms with Gasteiger partial charge < -0.3 is 16.2 Å². The summed E-state index contributed by atoms with van der Waals surface area (Å²) in [6, 6.07) is -0.140. The molecule has 1 fully saturated rings. The number of aliphatic carboxylic acids is 1. The minimum atomic E-state index is -0.790. The Morgan fingerprint density at radius 3 is 2.57 bits per heavy atom. The van der Waals surface area contributed by atoms with Gasteiger partial charge in [0.2, 0.25) is 11.5 Å². The Bertz CT molecular complexity index is 554. The SMILES string of the molecule is CC1C(NC(=O)c2nonc2N)CCC(C(=O)O)C1(C)C. The summed E-state index contributed by atoms with van der Waals surface area (Å²) in [5.74, 6) is -1.72. The molecule has 1 saturated carbocycles. The van der Waals surface area contributed by atoms with Crippen LogP contribution in [0.2, 0.25) is 0 Å². The highest BCUT2D eigenvalue weighted by atomic mass is 16.6. The molecular weight excluding hydrogens is 276 g/mol. The second-order valence-corrected chi connectivity index (χ2v) is 6.16. The Balaban J connectivity index is 2.11. The minimum absolute atomic E-state index is 0.00242. The Hall–Kier alpha value is -2.12. The van der Waals surface area contributed by atoms with Gasteiger partial charge in [-0.1, -0.05) is 20.8 Å². The Labute approximate surface area is 122 Å². The van der Waals surface area contributed by atoms with Crippen LogP contribution >= 0.6 is 0 Å². The van der Waals surface area contributed by atoms with Crippen molar-refractivity contribution in [1.82, 2.24) is 15.6 Å². The lowest BCUT2D eigenvalue weighted by atomic mass is 9.61. The van der Waals surface area contributed by atoms with Crippen LogP contribution in [0.15, 0.2) is 4.63 Å². The zero-order valence-electron chi connectivity index (χ0n) is 12.3. The van der Waals surface area contributed by atoms with Crippen molar-refractivity contribution in [1.29, 1.82) is 0 Å². The third-order valence-electron chi connectivity index (χ3n) is 4.79. The molecule has 0 aliphatic heterocycles. The summed E-state index contributed by atoms with van der Waals surface area (Å²) in [6.45, 7) is 5.78. The van der Waals surface area contributed by atoms with Gasteiger partial charge in [-0.2, -0.15) is 0 Å². The van der Waals surface area contributed by atoms with Crippen molar-refractivity contribution < 1.29 is 19.3 Å². The van der Waals surface area contributed by atoms with Crippen LogP contribution in [0.1, 0.15) is 44.1 Å². The van der Waals surface area contributed by atoms with Crippen molar-refractivity contribution in [3.63, 3.8) is 0 Å². The second-order valence-electron chi connectivity index (χ2n) is 6.16. The number of carbonyl (C=O) groups excluding carboxylic acids is 1. The van der Waals surface area contributed by atoms with Crippen molar-refractivity contribution in [2.75, 3.05) is 5.73 Å². The molecule has 4 N–H and O–H groups in total. The van der Waals surface area contributed by atoms with E-state index < -0.39 is 23.2 Å². The van der Waals surface area contributed by atoms with Crippen molar-refractivity contribution in [3.8, 4) is 0 Å². The Morgan fingerprint density at radius 1 is 1.38 bits per heavy atom. The summed E-state index contributed by atoms with van der Waals surface area (Å²) in [7, 11) is 0. The molecule has 8 nitrogen and oxygen atoms in total. The van der Waals surface area contributed by atoms with Gasteiger partial charge in [0.05, 0.1) is 5.92 Å². The number of carboxylic acids is 1. The molecule has 0 saturated heterocycles. The highest BCUT2D eigenvalue weighted by Crippen LogP contribution is 2.45. The van der Waals surface area contributed by atoms with E-state index in [1.807, 2.05) is 20.8 Å². The molecule has 116 valence electrons. The van der Waals surface area contributed by atoms with Crippen molar-refractivity contribution in [2.24, 2.45) is 17.3 Å². The first-order valence-electron chi connectivity index (χ1n) is 6.86. The first-order chi connectivity index (χ1) is 9.75. The van der Waals surface area contributed by atoms with E-state index in [2.05, 4.69) is 20.3 Å². The standard InChI is InChI=1S/C13H20N4O4/c1-6-8(5-4-7(12(19)20)13(6,2)3)15-11(18)9-10(14)17-21-16-9/h6-8H,4-5H2,1-3H3,(H2,14,17)(H,15,18)(H,19,20). The van der Waals surface area contributed by atoms with Crippen molar-refractivity contribution >= 4 is 17.7 Å². The number of nitrogens with zero attached hydrogens (tertiary/aromatic N) is 2. The summed E-state index contributed by atoms with van der Waals surface area (Å²) in [4.78, 5) is 23.4. The van der Waals surface area contributed by atoms with E-state index in [0.29, 0.717) is 12.8 Å². The Morgan fingerprint density at radius 2 is 2.05 bits per heavy atom. The number of rotatable bonds is 3. The number of nitrogens with two attached hydrogens (primary N) is 1. The molecule has 1 heterocycles. The molecule has 1 aliphatic rings. The smallest absolute Gasteiger partial charge is 0.307 e. The molecule has 0 radical (unpaired) electrons. The topological polar surface area (TPSA) is 131 Å². The third kappa shape index (κ3) is 2.70. The number of carboxylic acid groups (broad SMARTS) is 1. The molecule has 0 bridgehead atoms. The minimum Gasteiger partial charge on any atom is -0.481 e. The number of hydrogen-bond donors (Lipinski definition) is 3. The summed E-state index contributed by atoms with van der Waals surface area (Å²) >= 11 is 0. The molecule has 0 aromatic carbocycles. The summed E-state index contributed by atoms with van der Waals surface area (Å²) in [6.07, 6.45) is 1.11. The summed E-state index contributed by atoms with van der Waals surface area (Å²) in [5.41, 5.74) is 5.03. The molecule has 21 heavy (non-hydrogen) atoms. The lowest BCUT2D eigenvalue weighted by Gasteiger charge is -2.46. The van der Waals surface area contributed by atoms with Gasteiger partial charge in [-0.3, -0.25) is 9.59 Å². The number of nitrogens with one attached hydrogen (secondary N) is 1. The molecule has 3 unspecified atom stereocenters. The zero-order valence-corrected chi connectivity index (χ0v) is 12.3. The van der Waals surface area contributed by atoms with Crippen LogP contribution in [0.4, 0.5) is 5.82 Å². The average molecular weight is 296 g/mol. The first kappa shape index (κ1) is 15.3. The van der Waals surface area contributed by atoms with Gasteiger partial charge in [-0.15, -0.1) is 0 Å². The zero-order chi connectivity index (χ0) is 15.8. The maximum atomic E-state index is 12.1. The van der Waals surface area contributed by atoms with E-state index in [9.17, 15) is 14.7 Å². The van der Waals surface area contributed by atoms with Gasteiger partial charge in [-0.25, -0.2) is 4.63 Å². The van der Waals surface area contributed by atoms with Crippen molar-refractivity contribution in [3.05, 3.63) is 5.69 Å². The van der Waals surface area contributed by atoms with Gasteiger partial charge in [0, 0.05) is 6.04 Å². The predicted octanol–water partition coefficient (Wildman–Crippen LogP) is 0.907. The largest absolute Gasteiger partial charge is 0.481 e. The van der Waals surface area contributed by atoms with Gasteiger partial charge in [0.25, 0.3) is 5.91 Å². The van der Waals surface area contributed by atoms with Crippen LogP contribution in [0, 0.1) is 17.3 Å². The first-order valence-corrected chi connectivity index (χ1v) is 6.86. The van der Waals surface area contributed by atoms with Gasteiger partial charge in [0.15, 0.2) is 0 Å². The van der Waals surface area contributed by atoms with Crippen LogP contribution in [0.3, 0.4) is 0 Å². The number of aromatic nitrogens is 2. The number of carbonyl (C=O) groups is 2. The maximum Gasteiger partial charge on any atom is 0.307 e. The molecular formula is C13H20N4O4. The fourth-order valence-corrected chi connectivity index (χ4v) is 3.03. The van der Waals surface area contributed by atoms with Gasteiger partial charge >= 0.3 is 5.97 Å². The number of nitrogen functional groups attached to an aromatic ring is 1. The lowest BCUT2D eigenvalue weighted by Crippen LogP contribution is -2.52. The van der Waals surface area contributed by atoms with Crippen LogP contribution in [0.25, 0.3) is 0 Å². The Kier molecular flexibility index (Phi) is 3.89. The highest BCUT2D eigenvalue weighted by Gasteiger charge is 2.46. The molecule has 1 aliphatic carbocycles. The maximum absolute atomic E-state index is 12.1. The molecule has 3 atom stereocenters. The van der Waals surface area contributed by atoms with Crippen LogP contribution in [-0.2, 0) is 4.79 Å². The van der Waals surface area contributed by atoms with E-state index in [1.54, 1.807) is 0 Å². The third-order valence-corrected chi connectivity index (χ3v) is 4.79. The van der Waals surface area contributed by atoms with E-state index in [0.717, 1.165) is 0 Å². The molecule has 8 heteroatoms. The number of hydrogen-bond acceptors (Lipinski definition) is 6. The summed E-state index contributed by atoms with van der Waals surface area (Å²) in [5, 5.41) is 19.0. The van der Waals surface area contributed by atoms with Crippen LogP contribution in [-0.4, -0.2) is 33.3 Å². The van der Waals surface area contributed by atoms with Gasteiger partial charge in [0.1, 0.15) is 0 Å². The molecule has 2 rings (SSSR count). The van der Waals surface area contributed by atoms with Gasteiger partial charge in [-0.05, 0) is 34.5 Å². The fraction of sp³-hybridized carbons (Fsp3) is 0.692. The van der Waals surface area contributed by atoms with Crippen molar-refractivity contribution in [2.45, 2.75) is 39.7 Å². The van der Waals surface area contributed by atoms with E-state index in [1.165, 1.54) is 0 Å². The predicted molar refractivity (Wildman–Crippen MR) is 73.3 cm³/mol. The van der Waals surface area contributed by atoms with E-state index >= 15 is 0 Å². The van der Waals surface area contributed by atoms with E-state index in [-0.39, 0.29) is 23.5 Å². The molecule has 1 aromatic heterocycles. The number of amides is 1. The fourth-order valence-electron chi connectivity index (χ4n) is 3.03. The molecule has 1 aromatic rings. The molecule has 0 spiro atoms. The average Bonchev–Trinajstić information content (AvgIpc) is 2.81. The van der Waals surface area contributed by atoms with Crippen LogP contribution < -0.4 is 11.1 Å². The normalized spacial score (nSPS) is 28.0. The lowest BCUT2D eigenvalue weighted by molar-refractivity contribution is -0.150. The highest BCUT2D eigenvalue weighted by molar-refractivity contribution is 5.96. The monoisotopic (exact) mass is 296 g/mol. The molecule has 1 amide bonds. The van der Waals surface area contributed by atoms with Crippen LogP contribution in [0.5, 0.6) is 0 Å². The van der Waals surface area contributed by atoms with E-state index in [4.69, 9.17) is 5.73 Å².